The van der Waals surface area contributed by atoms with Crippen molar-refractivity contribution in [1.82, 2.24) is 10.3 Å². The van der Waals surface area contributed by atoms with Crippen molar-refractivity contribution in [3.63, 3.8) is 0 Å². The van der Waals surface area contributed by atoms with Crippen LogP contribution in [0.3, 0.4) is 0 Å². The highest BCUT2D eigenvalue weighted by molar-refractivity contribution is 7.20. The van der Waals surface area contributed by atoms with E-state index in [4.69, 9.17) is 4.74 Å². The molecule has 0 saturated carbocycles. The minimum atomic E-state index is -1.00. The summed E-state index contributed by atoms with van der Waals surface area (Å²) in [6, 6.07) is 5.89. The fourth-order valence-corrected chi connectivity index (χ4v) is 3.32. The lowest BCUT2D eigenvalue weighted by Gasteiger charge is -2.27. The SMILES string of the molecule is CC(C)[C@@](C)(C#N)NC(=O)COC(=O)c1csc(-c2cccs2)n1. The maximum atomic E-state index is 12.0. The molecule has 0 aromatic carbocycles. The van der Waals surface area contributed by atoms with Crippen molar-refractivity contribution in [3.05, 3.63) is 28.6 Å². The number of hydrogen-bond acceptors (Lipinski definition) is 7. The van der Waals surface area contributed by atoms with E-state index in [1.165, 1.54) is 22.7 Å². The molecule has 1 amide bonds. The molecule has 0 aliphatic rings. The van der Waals surface area contributed by atoms with Gasteiger partial charge in [0.15, 0.2) is 12.3 Å². The van der Waals surface area contributed by atoms with Gasteiger partial charge in [0, 0.05) is 5.38 Å². The van der Waals surface area contributed by atoms with E-state index >= 15 is 0 Å². The number of carbonyl (C=O) groups excluding carboxylic acids is 2. The zero-order valence-corrected chi connectivity index (χ0v) is 15.2. The summed E-state index contributed by atoms with van der Waals surface area (Å²) in [6.45, 7) is 4.84. The Morgan fingerprint density at radius 2 is 2.21 bits per heavy atom. The standard InChI is InChI=1S/C16H17N3O3S2/c1-10(2)16(3,9-17)19-13(20)7-22-15(21)11-8-24-14(18-11)12-5-4-6-23-12/h4-6,8,10H,7H2,1-3H3,(H,19,20)/t16-/m1/s1. The van der Waals surface area contributed by atoms with Crippen LogP contribution in [-0.4, -0.2) is 29.0 Å². The number of carbonyl (C=O) groups is 2. The van der Waals surface area contributed by atoms with Gasteiger partial charge < -0.3 is 10.1 Å². The Morgan fingerprint density at radius 3 is 2.79 bits per heavy atom. The molecule has 0 aliphatic heterocycles. The summed E-state index contributed by atoms with van der Waals surface area (Å²) in [4.78, 5) is 29.1. The third kappa shape index (κ3) is 4.19. The summed E-state index contributed by atoms with van der Waals surface area (Å²) in [7, 11) is 0. The monoisotopic (exact) mass is 363 g/mol. The van der Waals surface area contributed by atoms with E-state index in [-0.39, 0.29) is 11.6 Å². The van der Waals surface area contributed by atoms with Gasteiger partial charge in [0.25, 0.3) is 5.91 Å². The van der Waals surface area contributed by atoms with Crippen LogP contribution in [0.1, 0.15) is 31.3 Å². The Morgan fingerprint density at radius 1 is 1.46 bits per heavy atom. The first-order valence-electron chi connectivity index (χ1n) is 7.24. The molecule has 2 heterocycles. The topological polar surface area (TPSA) is 92.1 Å². The van der Waals surface area contributed by atoms with E-state index in [0.29, 0.717) is 0 Å². The molecule has 2 rings (SSSR count). The molecule has 24 heavy (non-hydrogen) atoms. The summed E-state index contributed by atoms with van der Waals surface area (Å²) in [6.07, 6.45) is 0. The fourth-order valence-electron chi connectivity index (χ4n) is 1.71. The van der Waals surface area contributed by atoms with E-state index in [2.05, 4.69) is 16.4 Å². The van der Waals surface area contributed by atoms with E-state index in [1.807, 2.05) is 31.4 Å². The van der Waals surface area contributed by atoms with Gasteiger partial charge in [0.2, 0.25) is 0 Å². The van der Waals surface area contributed by atoms with Gasteiger partial charge in [-0.15, -0.1) is 22.7 Å². The first kappa shape index (κ1) is 18.1. The Kier molecular flexibility index (Phi) is 5.70. The zero-order valence-electron chi connectivity index (χ0n) is 13.5. The van der Waals surface area contributed by atoms with E-state index in [1.54, 1.807) is 12.3 Å². The number of nitriles is 1. The molecule has 0 bridgehead atoms. The minimum Gasteiger partial charge on any atom is -0.451 e. The average molecular weight is 363 g/mol. The van der Waals surface area contributed by atoms with Crippen LogP contribution in [0.15, 0.2) is 22.9 Å². The Bertz CT molecular complexity index is 762. The van der Waals surface area contributed by atoms with Crippen molar-refractivity contribution in [2.45, 2.75) is 26.3 Å². The Balaban J connectivity index is 1.92. The smallest absolute Gasteiger partial charge is 0.358 e. The highest BCUT2D eigenvalue weighted by Gasteiger charge is 2.30. The molecule has 2 aromatic rings. The Hall–Kier alpha value is -2.24. The van der Waals surface area contributed by atoms with Crippen LogP contribution in [-0.2, 0) is 9.53 Å². The molecule has 0 fully saturated rings. The predicted octanol–water partition coefficient (Wildman–Crippen LogP) is 3.08. The second-order valence-electron chi connectivity index (χ2n) is 5.61. The van der Waals surface area contributed by atoms with Gasteiger partial charge in [-0.25, -0.2) is 9.78 Å². The van der Waals surface area contributed by atoms with Crippen LogP contribution < -0.4 is 5.32 Å². The molecule has 0 radical (unpaired) electrons. The van der Waals surface area contributed by atoms with Crippen LogP contribution in [0.5, 0.6) is 0 Å². The third-order valence-corrected chi connectivity index (χ3v) is 5.45. The number of nitrogens with one attached hydrogen (secondary N) is 1. The second-order valence-corrected chi connectivity index (χ2v) is 7.41. The molecular formula is C16H17N3O3S2. The van der Waals surface area contributed by atoms with Gasteiger partial charge in [-0.3, -0.25) is 4.79 Å². The maximum absolute atomic E-state index is 12.0. The molecule has 0 aliphatic carbocycles. The van der Waals surface area contributed by atoms with Crippen LogP contribution in [0, 0.1) is 17.2 Å². The molecule has 8 heteroatoms. The molecule has 126 valence electrons. The van der Waals surface area contributed by atoms with Gasteiger partial charge in [-0.2, -0.15) is 5.26 Å². The van der Waals surface area contributed by atoms with Crippen molar-refractivity contribution in [2.24, 2.45) is 5.92 Å². The zero-order chi connectivity index (χ0) is 17.7. The van der Waals surface area contributed by atoms with Gasteiger partial charge in [-0.05, 0) is 24.3 Å². The third-order valence-electron chi connectivity index (χ3n) is 3.57. The molecule has 1 N–H and O–H groups in total. The number of esters is 1. The lowest BCUT2D eigenvalue weighted by molar-refractivity contribution is -0.125. The number of amides is 1. The number of thiophene rings is 1. The summed E-state index contributed by atoms with van der Waals surface area (Å²) < 4.78 is 4.98. The molecule has 0 unspecified atom stereocenters. The Labute approximate surface area is 148 Å². The number of nitrogens with zero attached hydrogens (tertiary/aromatic N) is 2. The molecular weight excluding hydrogens is 346 g/mol. The number of hydrogen-bond donors (Lipinski definition) is 1. The predicted molar refractivity (Wildman–Crippen MR) is 92.7 cm³/mol. The highest BCUT2D eigenvalue weighted by atomic mass is 32.1. The van der Waals surface area contributed by atoms with E-state index in [0.717, 1.165) is 9.88 Å². The normalized spacial score (nSPS) is 13.1. The summed E-state index contributed by atoms with van der Waals surface area (Å²) in [5.74, 6) is -1.25. The van der Waals surface area contributed by atoms with Crippen molar-refractivity contribution >= 4 is 34.6 Å². The van der Waals surface area contributed by atoms with Gasteiger partial charge in [0.05, 0.1) is 10.9 Å². The lowest BCUT2D eigenvalue weighted by atomic mass is 9.90. The van der Waals surface area contributed by atoms with Crippen LogP contribution >= 0.6 is 22.7 Å². The largest absolute Gasteiger partial charge is 0.451 e. The van der Waals surface area contributed by atoms with Crippen LogP contribution in [0.4, 0.5) is 0 Å². The number of thiazole rings is 1. The minimum absolute atomic E-state index is 0.0750. The quantitative estimate of drug-likeness (QED) is 0.796. The van der Waals surface area contributed by atoms with E-state index < -0.39 is 24.0 Å². The second kappa shape index (κ2) is 7.55. The molecule has 6 nitrogen and oxygen atoms in total. The summed E-state index contributed by atoms with van der Waals surface area (Å²) in [5.41, 5.74) is -0.834. The number of ether oxygens (including phenoxy) is 1. The lowest BCUT2D eigenvalue weighted by Crippen LogP contribution is -2.50. The molecule has 0 spiro atoms. The van der Waals surface area contributed by atoms with Gasteiger partial charge >= 0.3 is 5.97 Å². The van der Waals surface area contributed by atoms with Crippen molar-refractivity contribution in [1.29, 1.82) is 5.26 Å². The first-order chi connectivity index (χ1) is 11.4. The van der Waals surface area contributed by atoms with Crippen molar-refractivity contribution in [2.75, 3.05) is 6.61 Å². The van der Waals surface area contributed by atoms with E-state index in [9.17, 15) is 14.9 Å². The molecule has 0 saturated heterocycles. The average Bonchev–Trinajstić information content (AvgIpc) is 3.22. The molecule has 1 atom stereocenters. The summed E-state index contributed by atoms with van der Waals surface area (Å²) >= 11 is 2.87. The fraction of sp³-hybridized carbons (Fsp3) is 0.375. The van der Waals surface area contributed by atoms with Crippen molar-refractivity contribution in [3.8, 4) is 16.0 Å². The summed E-state index contributed by atoms with van der Waals surface area (Å²) in [5, 5.41) is 16.0. The van der Waals surface area contributed by atoms with Gasteiger partial charge in [-0.1, -0.05) is 19.9 Å². The van der Waals surface area contributed by atoms with Gasteiger partial charge in [0.1, 0.15) is 10.5 Å². The van der Waals surface area contributed by atoms with Crippen LogP contribution in [0.2, 0.25) is 0 Å². The first-order valence-corrected chi connectivity index (χ1v) is 9.00. The maximum Gasteiger partial charge on any atom is 0.358 e. The highest BCUT2D eigenvalue weighted by Crippen LogP contribution is 2.27. The number of aromatic nitrogens is 1. The molecule has 2 aromatic heterocycles. The number of rotatable bonds is 6. The van der Waals surface area contributed by atoms with Crippen molar-refractivity contribution < 1.29 is 14.3 Å². The van der Waals surface area contributed by atoms with Crippen LogP contribution in [0.25, 0.3) is 9.88 Å².